The number of hydrogen-bond donors (Lipinski definition) is 1. The van der Waals surface area contributed by atoms with Crippen LogP contribution < -0.4 is 5.32 Å². The van der Waals surface area contributed by atoms with E-state index >= 15 is 0 Å². The molecule has 0 aliphatic rings. The molecule has 0 amide bonds. The molecule has 4 nitrogen and oxygen atoms in total. The van der Waals surface area contributed by atoms with Gasteiger partial charge < -0.3 is 14.4 Å². The summed E-state index contributed by atoms with van der Waals surface area (Å²) in [4.78, 5) is 0. The lowest BCUT2D eigenvalue weighted by Gasteiger charge is -2.27. The molecule has 28 heavy (non-hydrogen) atoms. The van der Waals surface area contributed by atoms with E-state index in [0.717, 1.165) is 5.56 Å². The molecule has 2 aromatic rings. The van der Waals surface area contributed by atoms with Gasteiger partial charge in [-0.15, -0.1) is 0 Å². The van der Waals surface area contributed by atoms with Crippen molar-refractivity contribution in [1.29, 1.82) is 0 Å². The monoisotopic (exact) mass is 408 g/mol. The average Bonchev–Trinajstić information content (AvgIpc) is 2.67. The van der Waals surface area contributed by atoms with Crippen molar-refractivity contribution in [1.82, 2.24) is 0 Å². The molecule has 0 aliphatic heterocycles. The molecule has 0 bridgehead atoms. The van der Waals surface area contributed by atoms with Crippen LogP contribution in [0.1, 0.15) is 44.6 Å². The number of halogens is 1. The summed E-state index contributed by atoms with van der Waals surface area (Å²) in [6.45, 7) is 9.06. The SMILES string of the molecule is CC(C)COP(=O)(OCC(C)C)[C@@H]([NH2+]Cc1ccccc1)c1ccccc1F. The summed E-state index contributed by atoms with van der Waals surface area (Å²) in [5.74, 6) is -0.803. The summed E-state index contributed by atoms with van der Waals surface area (Å²) < 4.78 is 40.2. The van der Waals surface area contributed by atoms with Crippen molar-refractivity contribution in [2.45, 2.75) is 40.0 Å². The standard InChI is InChI=1S/C22H31FNO3P/c1-17(2)15-26-28(25,27-16-18(3)4)22(20-12-8-9-13-21(20)23)24-14-19-10-6-5-7-11-19/h5-13,17-18,22,24H,14-16H2,1-4H3/p+1/t22-/m1/s1. The maximum atomic E-state index is 14.6. The highest BCUT2D eigenvalue weighted by Crippen LogP contribution is 2.58. The minimum absolute atomic E-state index is 0.186. The van der Waals surface area contributed by atoms with Gasteiger partial charge in [-0.2, -0.15) is 0 Å². The van der Waals surface area contributed by atoms with Gasteiger partial charge in [-0.25, -0.2) is 4.39 Å². The lowest BCUT2D eigenvalue weighted by atomic mass is 10.2. The highest BCUT2D eigenvalue weighted by molar-refractivity contribution is 7.54. The predicted molar refractivity (Wildman–Crippen MR) is 110 cm³/mol. The van der Waals surface area contributed by atoms with E-state index in [1.54, 1.807) is 18.2 Å². The Morgan fingerprint density at radius 2 is 1.43 bits per heavy atom. The van der Waals surface area contributed by atoms with Crippen LogP contribution in [0.4, 0.5) is 4.39 Å². The van der Waals surface area contributed by atoms with Gasteiger partial charge in [0.05, 0.1) is 18.8 Å². The van der Waals surface area contributed by atoms with Crippen LogP contribution in [0.3, 0.4) is 0 Å². The van der Waals surface area contributed by atoms with E-state index in [0.29, 0.717) is 25.3 Å². The van der Waals surface area contributed by atoms with Gasteiger partial charge in [0.2, 0.25) is 5.78 Å². The molecule has 0 spiro atoms. The lowest BCUT2D eigenvalue weighted by molar-refractivity contribution is -0.693. The van der Waals surface area contributed by atoms with E-state index in [2.05, 4.69) is 0 Å². The Bertz CT molecular complexity index is 751. The average molecular weight is 408 g/mol. The van der Waals surface area contributed by atoms with Gasteiger partial charge in [0.15, 0.2) is 0 Å². The quantitative estimate of drug-likeness (QED) is 0.525. The summed E-state index contributed by atoms with van der Waals surface area (Å²) in [6.07, 6.45) is 0. The largest absolute Gasteiger partial charge is 0.392 e. The van der Waals surface area contributed by atoms with Gasteiger partial charge in [-0.05, 0) is 24.0 Å². The molecule has 0 heterocycles. The van der Waals surface area contributed by atoms with Crippen LogP contribution in [0.2, 0.25) is 0 Å². The first-order valence-corrected chi connectivity index (χ1v) is 11.4. The van der Waals surface area contributed by atoms with Crippen LogP contribution in [0, 0.1) is 17.7 Å². The van der Waals surface area contributed by atoms with Crippen molar-refractivity contribution in [3.05, 3.63) is 71.5 Å². The second-order valence-electron chi connectivity index (χ2n) is 7.81. The van der Waals surface area contributed by atoms with Crippen molar-refractivity contribution in [3.63, 3.8) is 0 Å². The Balaban J connectivity index is 2.36. The Kier molecular flexibility index (Phi) is 8.84. The molecule has 2 N–H and O–H groups in total. The van der Waals surface area contributed by atoms with Gasteiger partial charge in [-0.1, -0.05) is 70.2 Å². The molecule has 1 atom stereocenters. The van der Waals surface area contributed by atoms with Crippen molar-refractivity contribution < 1.29 is 23.3 Å². The fourth-order valence-electron chi connectivity index (χ4n) is 2.71. The molecule has 0 radical (unpaired) electrons. The Hall–Kier alpha value is -1.52. The number of hydrogen-bond acceptors (Lipinski definition) is 3. The summed E-state index contributed by atoms with van der Waals surface area (Å²) >= 11 is 0. The first-order valence-electron chi connectivity index (χ1n) is 9.82. The van der Waals surface area contributed by atoms with Crippen molar-refractivity contribution in [3.8, 4) is 0 Å². The van der Waals surface area contributed by atoms with E-state index < -0.39 is 19.2 Å². The zero-order valence-electron chi connectivity index (χ0n) is 17.2. The third kappa shape index (κ3) is 6.82. The molecular formula is C22H32FNO3P+. The summed E-state index contributed by atoms with van der Waals surface area (Å²) in [6, 6.07) is 16.2. The zero-order chi connectivity index (χ0) is 20.6. The minimum Gasteiger partial charge on any atom is -0.326 e. The van der Waals surface area contributed by atoms with Crippen LogP contribution in [-0.4, -0.2) is 13.2 Å². The summed E-state index contributed by atoms with van der Waals surface area (Å²) in [5, 5.41) is 1.86. The predicted octanol–water partition coefficient (Wildman–Crippen LogP) is 5.13. The van der Waals surface area contributed by atoms with E-state index in [4.69, 9.17) is 9.05 Å². The topological polar surface area (TPSA) is 52.1 Å². The van der Waals surface area contributed by atoms with Gasteiger partial charge in [0.1, 0.15) is 12.4 Å². The van der Waals surface area contributed by atoms with E-state index in [9.17, 15) is 8.96 Å². The maximum Gasteiger partial charge on any atom is 0.392 e. The molecule has 0 fully saturated rings. The first-order chi connectivity index (χ1) is 13.3. The van der Waals surface area contributed by atoms with Crippen molar-refractivity contribution in [2.75, 3.05) is 13.2 Å². The maximum absolute atomic E-state index is 14.6. The smallest absolute Gasteiger partial charge is 0.326 e. The Morgan fingerprint density at radius 1 is 0.893 bits per heavy atom. The van der Waals surface area contributed by atoms with Crippen LogP contribution in [0.15, 0.2) is 54.6 Å². The second-order valence-corrected chi connectivity index (χ2v) is 9.96. The van der Waals surface area contributed by atoms with Crippen LogP contribution in [0.5, 0.6) is 0 Å². The molecule has 2 rings (SSSR count). The van der Waals surface area contributed by atoms with Gasteiger partial charge >= 0.3 is 7.60 Å². The molecule has 0 saturated heterocycles. The number of nitrogens with two attached hydrogens (primary N) is 1. The fourth-order valence-corrected chi connectivity index (χ4v) is 5.03. The molecule has 0 saturated carbocycles. The Labute approximate surface area is 168 Å². The highest BCUT2D eigenvalue weighted by atomic mass is 31.2. The van der Waals surface area contributed by atoms with E-state index in [-0.39, 0.29) is 11.8 Å². The van der Waals surface area contributed by atoms with Crippen LogP contribution in [-0.2, 0) is 20.2 Å². The summed E-state index contributed by atoms with van der Waals surface area (Å²) in [7, 11) is -3.62. The number of rotatable bonds is 11. The molecular weight excluding hydrogens is 376 g/mol. The molecule has 154 valence electrons. The zero-order valence-corrected chi connectivity index (χ0v) is 18.1. The highest BCUT2D eigenvalue weighted by Gasteiger charge is 2.42. The van der Waals surface area contributed by atoms with E-state index in [1.165, 1.54) is 6.07 Å². The van der Waals surface area contributed by atoms with Crippen molar-refractivity contribution >= 4 is 7.60 Å². The molecule has 0 unspecified atom stereocenters. The third-order valence-electron chi connectivity index (χ3n) is 4.16. The lowest BCUT2D eigenvalue weighted by Crippen LogP contribution is -2.83. The number of benzene rings is 2. The minimum atomic E-state index is -3.62. The molecule has 0 aliphatic carbocycles. The van der Waals surface area contributed by atoms with Crippen LogP contribution >= 0.6 is 7.60 Å². The van der Waals surface area contributed by atoms with Crippen molar-refractivity contribution in [2.24, 2.45) is 11.8 Å². The third-order valence-corrected chi connectivity index (χ3v) is 6.35. The molecule has 6 heteroatoms. The molecule has 0 aromatic heterocycles. The van der Waals surface area contributed by atoms with Gasteiger partial charge in [0.25, 0.3) is 0 Å². The van der Waals surface area contributed by atoms with E-state index in [1.807, 2.05) is 63.3 Å². The first kappa shape index (κ1) is 22.8. The normalized spacial score (nSPS) is 13.2. The van der Waals surface area contributed by atoms with Crippen LogP contribution in [0.25, 0.3) is 0 Å². The second kappa shape index (κ2) is 10.9. The summed E-state index contributed by atoms with van der Waals surface area (Å²) in [5.41, 5.74) is 1.40. The Morgan fingerprint density at radius 3 is 1.96 bits per heavy atom. The van der Waals surface area contributed by atoms with Gasteiger partial charge in [-0.3, -0.25) is 4.57 Å². The molecule has 2 aromatic carbocycles. The van der Waals surface area contributed by atoms with Gasteiger partial charge in [0, 0.05) is 5.56 Å². The fraction of sp³-hybridized carbons (Fsp3) is 0.455. The number of quaternary nitrogens is 1.